The highest BCUT2D eigenvalue weighted by Gasteiger charge is 2.22. The van der Waals surface area contributed by atoms with Crippen molar-refractivity contribution < 1.29 is 9.18 Å². The highest BCUT2D eigenvalue weighted by molar-refractivity contribution is 5.92. The Morgan fingerprint density at radius 3 is 2.97 bits per heavy atom. The van der Waals surface area contributed by atoms with E-state index in [0.717, 1.165) is 72.8 Å². The van der Waals surface area contributed by atoms with Gasteiger partial charge in [-0.05, 0) is 57.4 Å². The Kier molecular flexibility index (Phi) is 5.85. The molecule has 0 aliphatic carbocycles. The predicted molar refractivity (Wildman–Crippen MR) is 115 cm³/mol. The summed E-state index contributed by atoms with van der Waals surface area (Å²) in [7, 11) is 1.88. The summed E-state index contributed by atoms with van der Waals surface area (Å²) >= 11 is 0. The normalized spacial score (nSPS) is 17.5. The fourth-order valence-corrected chi connectivity index (χ4v) is 4.34. The summed E-state index contributed by atoms with van der Waals surface area (Å²) in [6, 6.07) is 4.64. The van der Waals surface area contributed by atoms with Gasteiger partial charge in [-0.1, -0.05) is 0 Å². The number of benzene rings is 1. The van der Waals surface area contributed by atoms with Crippen molar-refractivity contribution in [2.24, 2.45) is 13.0 Å². The number of H-pyrrole nitrogens is 1. The van der Waals surface area contributed by atoms with E-state index in [1.165, 1.54) is 12.1 Å². The van der Waals surface area contributed by atoms with Crippen molar-refractivity contribution in [3.8, 4) is 0 Å². The van der Waals surface area contributed by atoms with Gasteiger partial charge in [-0.15, -0.1) is 0 Å². The van der Waals surface area contributed by atoms with Crippen LogP contribution in [-0.2, 0) is 18.3 Å². The van der Waals surface area contributed by atoms with Crippen molar-refractivity contribution in [3.05, 3.63) is 41.2 Å². The number of aromatic nitrogens is 4. The molecule has 3 heterocycles. The summed E-state index contributed by atoms with van der Waals surface area (Å²) in [6.07, 6.45) is 3.56. The number of nitrogens with zero attached hydrogens (tertiary/aromatic N) is 4. The van der Waals surface area contributed by atoms with Gasteiger partial charge in [0.05, 0.1) is 28.1 Å². The molecule has 2 aromatic heterocycles. The highest BCUT2D eigenvalue weighted by atomic mass is 19.1. The van der Waals surface area contributed by atoms with E-state index >= 15 is 0 Å². The molecule has 4 rings (SSSR count). The molecule has 0 spiro atoms. The number of piperidine rings is 1. The highest BCUT2D eigenvalue weighted by Crippen LogP contribution is 2.22. The molecule has 1 aromatic carbocycles. The summed E-state index contributed by atoms with van der Waals surface area (Å²) < 4.78 is 15.2. The number of carbonyl (C=O) groups excluding carboxylic acids is 1. The van der Waals surface area contributed by atoms with E-state index in [1.54, 1.807) is 10.7 Å². The van der Waals surface area contributed by atoms with Crippen LogP contribution in [0.15, 0.2) is 18.2 Å². The van der Waals surface area contributed by atoms with Gasteiger partial charge < -0.3 is 15.2 Å². The SMILES string of the molecule is Cc1nn(C)c(C)c1NC(=O)CCN1CCC[C@@H](Cc2nc3ccc(F)cc3[nH]2)C1. The van der Waals surface area contributed by atoms with Crippen LogP contribution in [0, 0.1) is 25.6 Å². The predicted octanol–water partition coefficient (Wildman–Crippen LogP) is 3.34. The molecule has 1 aliphatic rings. The van der Waals surface area contributed by atoms with Gasteiger partial charge in [-0.3, -0.25) is 9.48 Å². The summed E-state index contributed by atoms with van der Waals surface area (Å²) in [5.74, 6) is 1.16. The molecule has 0 unspecified atom stereocenters. The largest absolute Gasteiger partial charge is 0.342 e. The first-order valence-electron chi connectivity index (χ1n) is 10.6. The monoisotopic (exact) mass is 412 g/mol. The van der Waals surface area contributed by atoms with Gasteiger partial charge >= 0.3 is 0 Å². The molecule has 1 saturated heterocycles. The first-order valence-corrected chi connectivity index (χ1v) is 10.6. The summed E-state index contributed by atoms with van der Waals surface area (Å²) in [4.78, 5) is 22.7. The van der Waals surface area contributed by atoms with Gasteiger partial charge in [0, 0.05) is 33.0 Å². The fourth-order valence-electron chi connectivity index (χ4n) is 4.34. The van der Waals surface area contributed by atoms with E-state index in [0.29, 0.717) is 12.3 Å². The van der Waals surface area contributed by atoms with Crippen molar-refractivity contribution in [1.82, 2.24) is 24.6 Å². The van der Waals surface area contributed by atoms with Gasteiger partial charge in [0.25, 0.3) is 0 Å². The average molecular weight is 413 g/mol. The lowest BCUT2D eigenvalue weighted by atomic mass is 9.94. The number of hydrogen-bond acceptors (Lipinski definition) is 4. The van der Waals surface area contributed by atoms with Gasteiger partial charge in [-0.25, -0.2) is 9.37 Å². The van der Waals surface area contributed by atoms with Crippen molar-refractivity contribution in [3.63, 3.8) is 0 Å². The Hall–Kier alpha value is -2.74. The molecule has 1 fully saturated rings. The Bertz CT molecular complexity index is 1060. The van der Waals surface area contributed by atoms with Crippen LogP contribution in [0.2, 0.25) is 0 Å². The van der Waals surface area contributed by atoms with Crippen LogP contribution in [0.5, 0.6) is 0 Å². The van der Waals surface area contributed by atoms with Gasteiger partial charge in [0.2, 0.25) is 5.91 Å². The van der Waals surface area contributed by atoms with Crippen LogP contribution in [-0.4, -0.2) is 50.2 Å². The molecule has 0 bridgehead atoms. The molecule has 0 saturated carbocycles. The Labute approximate surface area is 175 Å². The molecule has 0 radical (unpaired) electrons. The maximum atomic E-state index is 13.4. The van der Waals surface area contributed by atoms with Crippen molar-refractivity contribution in [2.75, 3.05) is 25.0 Å². The molecular formula is C22H29FN6O. The number of halogens is 1. The van der Waals surface area contributed by atoms with Crippen molar-refractivity contribution in [2.45, 2.75) is 39.5 Å². The van der Waals surface area contributed by atoms with E-state index in [2.05, 4.69) is 25.3 Å². The number of amides is 1. The average Bonchev–Trinajstić information content (AvgIpc) is 3.21. The second-order valence-corrected chi connectivity index (χ2v) is 8.33. The summed E-state index contributed by atoms with van der Waals surface area (Å²) in [6.45, 7) is 6.57. The Morgan fingerprint density at radius 1 is 1.37 bits per heavy atom. The van der Waals surface area contributed by atoms with E-state index < -0.39 is 0 Å². The zero-order chi connectivity index (χ0) is 21.3. The summed E-state index contributed by atoms with van der Waals surface area (Å²) in [5.41, 5.74) is 4.17. The summed E-state index contributed by atoms with van der Waals surface area (Å²) in [5, 5.41) is 7.36. The molecule has 1 aliphatic heterocycles. The van der Waals surface area contributed by atoms with Crippen molar-refractivity contribution in [1.29, 1.82) is 0 Å². The van der Waals surface area contributed by atoms with E-state index in [4.69, 9.17) is 0 Å². The number of imidazole rings is 1. The minimum absolute atomic E-state index is 0.0237. The smallest absolute Gasteiger partial charge is 0.225 e. The number of likely N-dealkylation sites (tertiary alicyclic amines) is 1. The molecular weight excluding hydrogens is 383 g/mol. The first kappa shape index (κ1) is 20.5. The standard InChI is InChI=1S/C22H29FN6O/c1-14-22(15(2)28(3)27-14)26-21(30)8-10-29-9-4-5-16(13-29)11-20-24-18-7-6-17(23)12-19(18)25-20/h6-7,12,16H,4-5,8-11,13H2,1-3H3,(H,24,25)(H,26,30)/t16-/m0/s1. The third-order valence-corrected chi connectivity index (χ3v) is 6.01. The van der Waals surface area contributed by atoms with E-state index in [1.807, 2.05) is 20.9 Å². The van der Waals surface area contributed by atoms with Crippen LogP contribution < -0.4 is 5.32 Å². The quantitative estimate of drug-likeness (QED) is 0.651. The van der Waals surface area contributed by atoms with E-state index in [-0.39, 0.29) is 11.7 Å². The zero-order valence-corrected chi connectivity index (χ0v) is 17.8. The number of aryl methyl sites for hydroxylation is 2. The third kappa shape index (κ3) is 4.53. The van der Waals surface area contributed by atoms with Crippen LogP contribution in [0.25, 0.3) is 11.0 Å². The Morgan fingerprint density at radius 2 is 2.20 bits per heavy atom. The number of rotatable bonds is 6. The molecule has 1 amide bonds. The van der Waals surface area contributed by atoms with Crippen LogP contribution in [0.1, 0.15) is 36.5 Å². The lowest BCUT2D eigenvalue weighted by Crippen LogP contribution is -2.38. The maximum absolute atomic E-state index is 13.4. The minimum Gasteiger partial charge on any atom is -0.342 e. The maximum Gasteiger partial charge on any atom is 0.225 e. The van der Waals surface area contributed by atoms with Gasteiger partial charge in [0.15, 0.2) is 0 Å². The lowest BCUT2D eigenvalue weighted by molar-refractivity contribution is -0.116. The second-order valence-electron chi connectivity index (χ2n) is 8.33. The molecule has 30 heavy (non-hydrogen) atoms. The number of carbonyl (C=O) groups is 1. The van der Waals surface area contributed by atoms with Crippen LogP contribution in [0.3, 0.4) is 0 Å². The third-order valence-electron chi connectivity index (χ3n) is 6.01. The molecule has 2 N–H and O–H groups in total. The van der Waals surface area contributed by atoms with Crippen LogP contribution >= 0.6 is 0 Å². The number of nitrogens with one attached hydrogen (secondary N) is 2. The zero-order valence-electron chi connectivity index (χ0n) is 17.8. The Balaban J connectivity index is 1.29. The van der Waals surface area contributed by atoms with Crippen molar-refractivity contribution >= 4 is 22.6 Å². The first-order chi connectivity index (χ1) is 14.4. The molecule has 3 aromatic rings. The van der Waals surface area contributed by atoms with E-state index in [9.17, 15) is 9.18 Å². The number of aromatic amines is 1. The lowest BCUT2D eigenvalue weighted by Gasteiger charge is -2.32. The molecule has 8 heteroatoms. The second kappa shape index (κ2) is 8.55. The number of hydrogen-bond donors (Lipinski definition) is 2. The topological polar surface area (TPSA) is 78.8 Å². The fraction of sp³-hybridized carbons (Fsp3) is 0.500. The minimum atomic E-state index is -0.253. The molecule has 160 valence electrons. The number of fused-ring (bicyclic) bond motifs is 1. The number of anilines is 1. The molecule has 7 nitrogen and oxygen atoms in total. The van der Waals surface area contributed by atoms with Gasteiger partial charge in [0.1, 0.15) is 11.6 Å². The molecule has 1 atom stereocenters. The van der Waals surface area contributed by atoms with Crippen LogP contribution in [0.4, 0.5) is 10.1 Å². The van der Waals surface area contributed by atoms with Gasteiger partial charge in [-0.2, -0.15) is 5.10 Å².